The summed E-state index contributed by atoms with van der Waals surface area (Å²) in [4.78, 5) is 28.8. The number of benzene rings is 2. The molecule has 4 rings (SSSR count). The fourth-order valence-electron chi connectivity index (χ4n) is 5.74. The molecule has 1 aliphatic heterocycles. The highest BCUT2D eigenvalue weighted by Crippen LogP contribution is 2.52. The van der Waals surface area contributed by atoms with Gasteiger partial charge in [-0.05, 0) is 68.0 Å². The first-order valence-corrected chi connectivity index (χ1v) is 15.6. The molecule has 4 atom stereocenters. The van der Waals surface area contributed by atoms with Gasteiger partial charge in [-0.15, -0.1) is 0 Å². The van der Waals surface area contributed by atoms with E-state index in [1.807, 2.05) is 37.3 Å². The zero-order chi connectivity index (χ0) is 29.2. The Morgan fingerprint density at radius 2 is 1.85 bits per heavy atom. The zero-order valence-corrected chi connectivity index (χ0v) is 25.1. The van der Waals surface area contributed by atoms with Crippen molar-refractivity contribution in [1.29, 1.82) is 5.26 Å². The number of sulfonamides is 1. The van der Waals surface area contributed by atoms with Gasteiger partial charge in [0, 0.05) is 42.0 Å². The van der Waals surface area contributed by atoms with Gasteiger partial charge in [-0.25, -0.2) is 12.7 Å². The summed E-state index contributed by atoms with van der Waals surface area (Å²) in [5.41, 5.74) is 0.673. The number of rotatable bonds is 10. The van der Waals surface area contributed by atoms with Crippen LogP contribution in [0.4, 0.5) is 0 Å². The Balaban J connectivity index is 1.77. The lowest BCUT2D eigenvalue weighted by Crippen LogP contribution is -2.56. The van der Waals surface area contributed by atoms with E-state index in [1.54, 1.807) is 43.3 Å². The molecule has 1 aliphatic carbocycles. The minimum Gasteiger partial charge on any atom is -0.332 e. The molecular weight excluding hydrogens is 571 g/mol. The van der Waals surface area contributed by atoms with E-state index in [9.17, 15) is 18.0 Å². The molecule has 214 valence electrons. The van der Waals surface area contributed by atoms with Gasteiger partial charge >= 0.3 is 0 Å². The summed E-state index contributed by atoms with van der Waals surface area (Å²) < 4.78 is 26.9. The summed E-state index contributed by atoms with van der Waals surface area (Å²) in [5, 5.41) is 12.0. The standard InChI is InChI=1S/C29H34Cl2N4O4S/c1-19(13-14-34(3)40(38,39)24-11-12-24)35-27(20-7-9-22(30)10-8-20)25(21-5-4-6-23(31)15-21)16-29(2,28(35)37)17-26(36)33-18-32/h4-10,15,19,24-25,27H,11-14,16-17H2,1-3H3,(H,33,36)/t19-,25+,27+,29+/m0/s1. The van der Waals surface area contributed by atoms with Crippen molar-refractivity contribution in [3.05, 3.63) is 69.7 Å². The van der Waals surface area contributed by atoms with Gasteiger partial charge in [0.15, 0.2) is 6.19 Å². The molecule has 1 heterocycles. The topological polar surface area (TPSA) is 111 Å². The number of hydrogen-bond acceptors (Lipinski definition) is 5. The molecule has 2 aliphatic rings. The maximum Gasteiger partial charge on any atom is 0.234 e. The normalized spacial score (nSPS) is 24.0. The smallest absolute Gasteiger partial charge is 0.234 e. The summed E-state index contributed by atoms with van der Waals surface area (Å²) in [6, 6.07) is 14.0. The first kappa shape index (κ1) is 30.3. The number of piperidine rings is 1. The number of nitriles is 1. The quantitative estimate of drug-likeness (QED) is 0.294. The average Bonchev–Trinajstić information content (AvgIpc) is 3.75. The Morgan fingerprint density at radius 3 is 2.45 bits per heavy atom. The molecule has 0 radical (unpaired) electrons. The molecule has 0 spiro atoms. The van der Waals surface area contributed by atoms with Crippen molar-refractivity contribution in [2.75, 3.05) is 13.6 Å². The highest BCUT2D eigenvalue weighted by Gasteiger charge is 2.52. The maximum absolute atomic E-state index is 14.4. The van der Waals surface area contributed by atoms with Crippen LogP contribution in [0.5, 0.6) is 0 Å². The third-order valence-corrected chi connectivity index (χ3v) is 10.9. The maximum atomic E-state index is 14.4. The van der Waals surface area contributed by atoms with Gasteiger partial charge in [-0.2, -0.15) is 5.26 Å². The van der Waals surface area contributed by atoms with E-state index in [0.717, 1.165) is 11.1 Å². The number of carbonyl (C=O) groups is 2. The minimum absolute atomic E-state index is 0.164. The van der Waals surface area contributed by atoms with E-state index in [4.69, 9.17) is 28.5 Å². The first-order chi connectivity index (χ1) is 18.9. The van der Waals surface area contributed by atoms with E-state index in [-0.39, 0.29) is 36.1 Å². The van der Waals surface area contributed by atoms with Crippen molar-refractivity contribution < 1.29 is 18.0 Å². The molecule has 1 N–H and O–H groups in total. The molecule has 0 bridgehead atoms. The predicted molar refractivity (Wildman–Crippen MR) is 155 cm³/mol. The number of likely N-dealkylation sites (tertiary alicyclic amines) is 1. The Kier molecular flexibility index (Phi) is 9.15. The lowest BCUT2D eigenvalue weighted by Gasteiger charge is -2.51. The van der Waals surface area contributed by atoms with E-state index < -0.39 is 27.4 Å². The van der Waals surface area contributed by atoms with Crippen LogP contribution in [0, 0.1) is 16.9 Å². The summed E-state index contributed by atoms with van der Waals surface area (Å²) in [6.45, 7) is 3.92. The van der Waals surface area contributed by atoms with Gasteiger partial charge in [-0.3, -0.25) is 14.9 Å². The van der Waals surface area contributed by atoms with Crippen LogP contribution in [0.1, 0.15) is 69.0 Å². The van der Waals surface area contributed by atoms with Gasteiger partial charge in [0.05, 0.1) is 16.7 Å². The third-order valence-electron chi connectivity index (χ3n) is 8.05. The van der Waals surface area contributed by atoms with Crippen LogP contribution in [-0.2, 0) is 19.6 Å². The summed E-state index contributed by atoms with van der Waals surface area (Å²) in [6.07, 6.45) is 3.60. The Labute approximate surface area is 246 Å². The van der Waals surface area contributed by atoms with Crippen molar-refractivity contribution >= 4 is 45.0 Å². The molecule has 0 unspecified atom stereocenters. The fraction of sp³-hybridized carbons (Fsp3) is 0.483. The second-order valence-corrected chi connectivity index (χ2v) is 14.4. The van der Waals surface area contributed by atoms with Crippen LogP contribution in [-0.4, -0.2) is 54.3 Å². The predicted octanol–water partition coefficient (Wildman–Crippen LogP) is 5.25. The van der Waals surface area contributed by atoms with Crippen LogP contribution in [0.25, 0.3) is 0 Å². The van der Waals surface area contributed by atoms with Crippen LogP contribution in [0.15, 0.2) is 48.5 Å². The van der Waals surface area contributed by atoms with Gasteiger partial charge in [0.25, 0.3) is 0 Å². The summed E-state index contributed by atoms with van der Waals surface area (Å²) >= 11 is 12.6. The van der Waals surface area contributed by atoms with Crippen molar-refractivity contribution in [3.8, 4) is 6.19 Å². The molecule has 2 aromatic carbocycles. The van der Waals surface area contributed by atoms with Crippen molar-refractivity contribution in [2.45, 2.75) is 69.2 Å². The minimum atomic E-state index is -3.36. The number of amides is 2. The second-order valence-electron chi connectivity index (χ2n) is 11.2. The van der Waals surface area contributed by atoms with E-state index in [0.29, 0.717) is 35.7 Å². The van der Waals surface area contributed by atoms with Crippen LogP contribution < -0.4 is 5.32 Å². The van der Waals surface area contributed by atoms with E-state index >= 15 is 0 Å². The molecule has 1 saturated heterocycles. The Bertz CT molecular complexity index is 1410. The highest BCUT2D eigenvalue weighted by atomic mass is 35.5. The average molecular weight is 606 g/mol. The molecule has 11 heteroatoms. The second kappa shape index (κ2) is 12.1. The molecule has 2 aromatic rings. The van der Waals surface area contributed by atoms with Gasteiger partial charge in [0.1, 0.15) is 0 Å². The lowest BCUT2D eigenvalue weighted by atomic mass is 9.67. The van der Waals surface area contributed by atoms with Gasteiger partial charge < -0.3 is 4.90 Å². The van der Waals surface area contributed by atoms with Crippen molar-refractivity contribution in [2.24, 2.45) is 5.41 Å². The lowest BCUT2D eigenvalue weighted by molar-refractivity contribution is -0.157. The number of nitrogens with one attached hydrogen (secondary N) is 1. The number of hydrogen-bond donors (Lipinski definition) is 1. The van der Waals surface area contributed by atoms with Crippen molar-refractivity contribution in [3.63, 3.8) is 0 Å². The largest absolute Gasteiger partial charge is 0.332 e. The summed E-state index contributed by atoms with van der Waals surface area (Å²) in [5.74, 6) is -0.997. The molecule has 8 nitrogen and oxygen atoms in total. The van der Waals surface area contributed by atoms with Crippen LogP contribution in [0.3, 0.4) is 0 Å². The van der Waals surface area contributed by atoms with Crippen molar-refractivity contribution in [1.82, 2.24) is 14.5 Å². The number of carbonyl (C=O) groups excluding carboxylic acids is 2. The van der Waals surface area contributed by atoms with Gasteiger partial charge in [-0.1, -0.05) is 54.4 Å². The van der Waals surface area contributed by atoms with Gasteiger partial charge in [0.2, 0.25) is 21.8 Å². The highest BCUT2D eigenvalue weighted by molar-refractivity contribution is 7.90. The molecular formula is C29H34Cl2N4O4S. The summed E-state index contributed by atoms with van der Waals surface area (Å²) in [7, 11) is -1.78. The Morgan fingerprint density at radius 1 is 1.18 bits per heavy atom. The molecule has 2 fully saturated rings. The monoisotopic (exact) mass is 604 g/mol. The number of halogens is 2. The van der Waals surface area contributed by atoms with E-state index in [2.05, 4.69) is 5.32 Å². The molecule has 40 heavy (non-hydrogen) atoms. The third kappa shape index (κ3) is 6.46. The fourth-order valence-corrected chi connectivity index (χ4v) is 7.67. The number of nitrogens with zero attached hydrogens (tertiary/aromatic N) is 3. The van der Waals surface area contributed by atoms with Crippen LogP contribution in [0.2, 0.25) is 10.0 Å². The Hall–Kier alpha value is -2.64. The molecule has 1 saturated carbocycles. The first-order valence-electron chi connectivity index (χ1n) is 13.3. The molecule has 2 amide bonds. The van der Waals surface area contributed by atoms with Crippen LogP contribution >= 0.6 is 23.2 Å². The zero-order valence-electron chi connectivity index (χ0n) is 22.8. The SMILES string of the molecule is C[C@@H](CCN(C)S(=O)(=O)C1CC1)N1C(=O)[C@@](C)(CC(=O)NC#N)C[C@H](c2cccc(Cl)c2)[C@H]1c1ccc(Cl)cc1. The molecule has 0 aromatic heterocycles. The van der Waals surface area contributed by atoms with E-state index in [1.165, 1.54) is 4.31 Å².